The Morgan fingerprint density at radius 3 is 2.24 bits per heavy atom. The maximum absolute atomic E-state index is 11.3. The molecule has 0 bridgehead atoms. The Morgan fingerprint density at radius 2 is 1.82 bits per heavy atom. The van der Waals surface area contributed by atoms with Crippen LogP contribution in [0.2, 0.25) is 5.02 Å². The van der Waals surface area contributed by atoms with E-state index in [1.807, 2.05) is 0 Å². The van der Waals surface area contributed by atoms with E-state index in [0.29, 0.717) is 34.9 Å². The fraction of sp³-hybridized carbons (Fsp3) is 0.417. The van der Waals surface area contributed by atoms with Gasteiger partial charge in [0.15, 0.2) is 11.5 Å². The van der Waals surface area contributed by atoms with Crippen molar-refractivity contribution in [3.8, 4) is 11.5 Å². The Kier molecular flexibility index (Phi) is 2.91. The molecule has 92 valence electrons. The largest absolute Gasteiger partial charge is 0.493 e. The molecule has 1 aliphatic rings. The number of hydrogen-bond donors (Lipinski definition) is 1. The van der Waals surface area contributed by atoms with E-state index in [1.54, 1.807) is 12.1 Å². The molecule has 0 atom stereocenters. The zero-order chi connectivity index (χ0) is 12.6. The first-order valence-corrected chi connectivity index (χ1v) is 5.58. The summed E-state index contributed by atoms with van der Waals surface area (Å²) in [6.07, 6.45) is 1.22. The summed E-state index contributed by atoms with van der Waals surface area (Å²) in [6, 6.07) is 3.25. The van der Waals surface area contributed by atoms with Crippen molar-refractivity contribution in [2.45, 2.75) is 18.3 Å². The molecule has 0 unspecified atom stereocenters. The molecule has 1 aliphatic carbocycles. The first-order valence-electron chi connectivity index (χ1n) is 5.20. The molecule has 0 aromatic heterocycles. The minimum absolute atomic E-state index is 0.405. The Balaban J connectivity index is 2.52. The van der Waals surface area contributed by atoms with E-state index in [1.165, 1.54) is 14.2 Å². The van der Waals surface area contributed by atoms with Gasteiger partial charge in [-0.15, -0.1) is 0 Å². The molecule has 0 radical (unpaired) electrons. The maximum Gasteiger partial charge on any atom is 0.314 e. The summed E-state index contributed by atoms with van der Waals surface area (Å²) in [5.41, 5.74) is -0.235. The highest BCUT2D eigenvalue weighted by Crippen LogP contribution is 2.52. The number of ether oxygens (including phenoxy) is 2. The zero-order valence-electron chi connectivity index (χ0n) is 9.62. The summed E-state index contributed by atoms with van der Waals surface area (Å²) in [5.74, 6) is 0.161. The molecule has 0 amide bonds. The molecule has 2 rings (SSSR count). The summed E-state index contributed by atoms with van der Waals surface area (Å²) >= 11 is 6.11. The fourth-order valence-corrected chi connectivity index (χ4v) is 2.28. The summed E-state index contributed by atoms with van der Waals surface area (Å²) in [5, 5.41) is 9.65. The van der Waals surface area contributed by atoms with Crippen molar-refractivity contribution in [1.82, 2.24) is 0 Å². The van der Waals surface area contributed by atoms with E-state index in [0.717, 1.165) is 0 Å². The van der Waals surface area contributed by atoms with Crippen LogP contribution in [0.15, 0.2) is 12.1 Å². The van der Waals surface area contributed by atoms with Crippen LogP contribution in [0.25, 0.3) is 0 Å². The molecule has 1 N–H and O–H groups in total. The molecule has 1 saturated carbocycles. The average molecular weight is 257 g/mol. The van der Waals surface area contributed by atoms with Gasteiger partial charge < -0.3 is 14.6 Å². The summed E-state index contributed by atoms with van der Waals surface area (Å²) in [4.78, 5) is 11.3. The third kappa shape index (κ3) is 1.82. The Labute approximate surface area is 104 Å². The van der Waals surface area contributed by atoms with E-state index in [4.69, 9.17) is 21.1 Å². The lowest BCUT2D eigenvalue weighted by molar-refractivity contribution is -0.140. The normalized spacial score (nSPS) is 16.4. The van der Waals surface area contributed by atoms with Crippen molar-refractivity contribution in [2.24, 2.45) is 0 Å². The van der Waals surface area contributed by atoms with Gasteiger partial charge in [0, 0.05) is 11.1 Å². The molecule has 4 nitrogen and oxygen atoms in total. The van der Waals surface area contributed by atoms with Gasteiger partial charge in [-0.25, -0.2) is 0 Å². The molecule has 0 aliphatic heterocycles. The lowest BCUT2D eigenvalue weighted by Crippen LogP contribution is -2.20. The molecule has 1 fully saturated rings. The molecule has 0 heterocycles. The van der Waals surface area contributed by atoms with E-state index < -0.39 is 11.4 Å². The fourth-order valence-electron chi connectivity index (χ4n) is 1.94. The first-order chi connectivity index (χ1) is 8.05. The number of carbonyl (C=O) groups is 1. The van der Waals surface area contributed by atoms with Crippen molar-refractivity contribution in [3.05, 3.63) is 22.7 Å². The number of aliphatic carboxylic acids is 1. The number of rotatable bonds is 4. The monoisotopic (exact) mass is 256 g/mol. The molecular formula is C12H13ClO4. The number of halogens is 1. The van der Waals surface area contributed by atoms with E-state index in [-0.39, 0.29) is 0 Å². The summed E-state index contributed by atoms with van der Waals surface area (Å²) in [6.45, 7) is 0. The predicted molar refractivity (Wildman–Crippen MR) is 63.1 cm³/mol. The summed E-state index contributed by atoms with van der Waals surface area (Å²) < 4.78 is 10.3. The molecule has 0 saturated heterocycles. The molecule has 17 heavy (non-hydrogen) atoms. The number of carboxylic acids is 1. The topological polar surface area (TPSA) is 55.8 Å². The Bertz CT molecular complexity index is 466. The second-order valence-electron chi connectivity index (χ2n) is 4.07. The van der Waals surface area contributed by atoms with Crippen LogP contribution in [0, 0.1) is 0 Å². The average Bonchev–Trinajstić information content (AvgIpc) is 3.09. The minimum atomic E-state index is -0.841. The van der Waals surface area contributed by atoms with Gasteiger partial charge >= 0.3 is 5.97 Å². The van der Waals surface area contributed by atoms with Crippen LogP contribution in [0.4, 0.5) is 0 Å². The quantitative estimate of drug-likeness (QED) is 0.899. The number of carboxylic acid groups (broad SMARTS) is 1. The van der Waals surface area contributed by atoms with Gasteiger partial charge in [-0.3, -0.25) is 4.79 Å². The van der Waals surface area contributed by atoms with Crippen LogP contribution in [-0.2, 0) is 10.2 Å². The predicted octanol–water partition coefficient (Wildman–Crippen LogP) is 2.47. The second-order valence-corrected chi connectivity index (χ2v) is 4.48. The third-order valence-electron chi connectivity index (χ3n) is 3.15. The van der Waals surface area contributed by atoms with Crippen molar-refractivity contribution >= 4 is 17.6 Å². The Morgan fingerprint density at radius 1 is 1.29 bits per heavy atom. The number of benzene rings is 1. The van der Waals surface area contributed by atoms with Gasteiger partial charge in [0.25, 0.3) is 0 Å². The Hall–Kier alpha value is -1.42. The number of methoxy groups -OCH3 is 2. The number of hydrogen-bond acceptors (Lipinski definition) is 3. The lowest BCUT2D eigenvalue weighted by Gasteiger charge is -2.16. The van der Waals surface area contributed by atoms with E-state index >= 15 is 0 Å². The molecule has 0 spiro atoms. The minimum Gasteiger partial charge on any atom is -0.493 e. The zero-order valence-corrected chi connectivity index (χ0v) is 10.4. The van der Waals surface area contributed by atoms with Crippen LogP contribution in [0.5, 0.6) is 11.5 Å². The lowest BCUT2D eigenvalue weighted by atomic mass is 9.95. The highest BCUT2D eigenvalue weighted by molar-refractivity contribution is 6.32. The van der Waals surface area contributed by atoms with Crippen molar-refractivity contribution in [3.63, 3.8) is 0 Å². The standard InChI is InChI=1S/C12H13ClO4/c1-16-9-5-7(8(13)6-10(9)17-2)12(3-4-12)11(14)15/h5-6H,3-4H2,1-2H3,(H,14,15). The van der Waals surface area contributed by atoms with Crippen LogP contribution in [0.1, 0.15) is 18.4 Å². The van der Waals surface area contributed by atoms with Gasteiger partial charge in [0.1, 0.15) is 0 Å². The van der Waals surface area contributed by atoms with Gasteiger partial charge in [0.05, 0.1) is 19.6 Å². The highest BCUT2D eigenvalue weighted by Gasteiger charge is 2.53. The van der Waals surface area contributed by atoms with Crippen LogP contribution >= 0.6 is 11.6 Å². The van der Waals surface area contributed by atoms with Crippen LogP contribution in [0.3, 0.4) is 0 Å². The van der Waals surface area contributed by atoms with Crippen LogP contribution < -0.4 is 9.47 Å². The van der Waals surface area contributed by atoms with Gasteiger partial charge in [-0.1, -0.05) is 11.6 Å². The molecular weight excluding hydrogens is 244 g/mol. The van der Waals surface area contributed by atoms with Gasteiger partial charge in [-0.2, -0.15) is 0 Å². The highest BCUT2D eigenvalue weighted by atomic mass is 35.5. The summed E-state index contributed by atoms with van der Waals surface area (Å²) in [7, 11) is 3.02. The second kappa shape index (κ2) is 4.11. The third-order valence-corrected chi connectivity index (χ3v) is 3.46. The smallest absolute Gasteiger partial charge is 0.314 e. The first kappa shape index (κ1) is 12.0. The molecule has 1 aromatic carbocycles. The van der Waals surface area contributed by atoms with Crippen LogP contribution in [-0.4, -0.2) is 25.3 Å². The van der Waals surface area contributed by atoms with E-state index in [2.05, 4.69) is 0 Å². The molecule has 5 heteroatoms. The van der Waals surface area contributed by atoms with Crippen molar-refractivity contribution < 1.29 is 19.4 Å². The van der Waals surface area contributed by atoms with Crippen molar-refractivity contribution in [2.75, 3.05) is 14.2 Å². The van der Waals surface area contributed by atoms with Gasteiger partial charge in [-0.05, 0) is 24.5 Å². The maximum atomic E-state index is 11.3. The van der Waals surface area contributed by atoms with Crippen molar-refractivity contribution in [1.29, 1.82) is 0 Å². The van der Waals surface area contributed by atoms with Gasteiger partial charge in [0.2, 0.25) is 0 Å². The van der Waals surface area contributed by atoms with E-state index in [9.17, 15) is 9.90 Å². The molecule has 1 aromatic rings. The SMILES string of the molecule is COc1cc(Cl)c(C2(C(=O)O)CC2)cc1OC.